The second-order valence-corrected chi connectivity index (χ2v) is 6.22. The molecule has 0 aromatic heterocycles. The summed E-state index contributed by atoms with van der Waals surface area (Å²) in [6, 6.07) is 12.7. The van der Waals surface area contributed by atoms with Gasteiger partial charge in [0.15, 0.2) is 0 Å². The fourth-order valence-electron chi connectivity index (χ4n) is 3.11. The number of hydrogen-bond acceptors (Lipinski definition) is 2. The van der Waals surface area contributed by atoms with Gasteiger partial charge >= 0.3 is 0 Å². The van der Waals surface area contributed by atoms with Crippen molar-refractivity contribution in [2.45, 2.75) is 32.4 Å². The molecule has 0 spiro atoms. The molecule has 0 aliphatic carbocycles. The fraction of sp³-hybridized carbons (Fsp3) is 0.333. The zero-order valence-electron chi connectivity index (χ0n) is 12.6. The first kappa shape index (κ1) is 14.4. The number of ether oxygens (including phenoxy) is 1. The summed E-state index contributed by atoms with van der Waals surface area (Å²) in [7, 11) is 1.99. The number of hydrogen-bond donors (Lipinski definition) is 1. The van der Waals surface area contributed by atoms with Crippen molar-refractivity contribution in [2.24, 2.45) is 0 Å². The molecule has 1 aliphatic heterocycles. The highest BCUT2D eigenvalue weighted by Crippen LogP contribution is 2.41. The van der Waals surface area contributed by atoms with Crippen LogP contribution in [0.5, 0.6) is 5.75 Å². The van der Waals surface area contributed by atoms with Gasteiger partial charge in [0.1, 0.15) is 11.9 Å². The third-order valence-electron chi connectivity index (χ3n) is 4.03. The predicted molar refractivity (Wildman–Crippen MR) is 87.2 cm³/mol. The number of nitrogens with one attached hydrogen (secondary N) is 1. The summed E-state index contributed by atoms with van der Waals surface area (Å²) in [6.07, 6.45) is 0.988. The summed E-state index contributed by atoms with van der Waals surface area (Å²) in [6.45, 7) is 4.26. The van der Waals surface area contributed by atoms with Gasteiger partial charge in [-0.05, 0) is 44.7 Å². The van der Waals surface area contributed by atoms with Crippen molar-refractivity contribution in [1.82, 2.24) is 5.32 Å². The van der Waals surface area contributed by atoms with Crippen LogP contribution in [0, 0.1) is 13.8 Å². The van der Waals surface area contributed by atoms with Gasteiger partial charge in [0, 0.05) is 23.0 Å². The summed E-state index contributed by atoms with van der Waals surface area (Å²) in [5, 5.41) is 4.13. The molecule has 1 N–H and O–H groups in total. The Morgan fingerprint density at radius 2 is 1.81 bits per heavy atom. The van der Waals surface area contributed by atoms with Crippen LogP contribution in [0.25, 0.3) is 0 Å². The Morgan fingerprint density at radius 3 is 2.48 bits per heavy atom. The monoisotopic (exact) mass is 301 g/mol. The maximum Gasteiger partial charge on any atom is 0.126 e. The number of halogens is 1. The molecule has 2 aromatic carbocycles. The Morgan fingerprint density at radius 1 is 1.10 bits per heavy atom. The molecule has 2 aromatic rings. The highest BCUT2D eigenvalue weighted by Gasteiger charge is 2.28. The molecular weight excluding hydrogens is 282 g/mol. The zero-order chi connectivity index (χ0) is 15.0. The minimum atomic E-state index is 0.0784. The molecule has 0 fully saturated rings. The average molecular weight is 302 g/mol. The third kappa shape index (κ3) is 2.92. The van der Waals surface area contributed by atoms with E-state index in [-0.39, 0.29) is 12.1 Å². The average Bonchev–Trinajstić information content (AvgIpc) is 2.45. The molecule has 21 heavy (non-hydrogen) atoms. The van der Waals surface area contributed by atoms with E-state index < -0.39 is 0 Å². The fourth-order valence-corrected chi connectivity index (χ4v) is 3.30. The van der Waals surface area contributed by atoms with Crippen molar-refractivity contribution in [3.05, 3.63) is 63.7 Å². The van der Waals surface area contributed by atoms with E-state index >= 15 is 0 Å². The Balaban J connectivity index is 1.98. The van der Waals surface area contributed by atoms with Crippen molar-refractivity contribution in [3.63, 3.8) is 0 Å². The van der Waals surface area contributed by atoms with Gasteiger partial charge in [-0.3, -0.25) is 0 Å². The molecule has 3 heteroatoms. The van der Waals surface area contributed by atoms with Crippen molar-refractivity contribution in [2.75, 3.05) is 7.05 Å². The molecule has 2 nitrogen and oxygen atoms in total. The molecule has 0 saturated carbocycles. The second-order valence-electron chi connectivity index (χ2n) is 5.79. The van der Waals surface area contributed by atoms with E-state index in [0.29, 0.717) is 0 Å². The van der Waals surface area contributed by atoms with Crippen LogP contribution >= 0.6 is 11.6 Å². The summed E-state index contributed by atoms with van der Waals surface area (Å²) >= 11 is 6.11. The molecule has 0 amide bonds. The molecule has 1 heterocycles. The lowest BCUT2D eigenvalue weighted by molar-refractivity contribution is 0.154. The van der Waals surface area contributed by atoms with E-state index in [1.165, 1.54) is 16.7 Å². The maximum atomic E-state index is 6.22. The van der Waals surface area contributed by atoms with Gasteiger partial charge in [0.2, 0.25) is 0 Å². The molecule has 0 radical (unpaired) electrons. The van der Waals surface area contributed by atoms with E-state index in [0.717, 1.165) is 22.8 Å². The lowest BCUT2D eigenvalue weighted by atomic mass is 9.92. The lowest BCUT2D eigenvalue weighted by Crippen LogP contribution is -2.26. The summed E-state index contributed by atoms with van der Waals surface area (Å²) in [5.74, 6) is 0.925. The van der Waals surface area contributed by atoms with Crippen LogP contribution in [0.3, 0.4) is 0 Å². The Labute approximate surface area is 131 Å². The van der Waals surface area contributed by atoms with Crippen LogP contribution in [0.4, 0.5) is 0 Å². The first-order valence-corrected chi connectivity index (χ1v) is 7.66. The molecule has 110 valence electrons. The minimum Gasteiger partial charge on any atom is -0.485 e. The topological polar surface area (TPSA) is 21.3 Å². The van der Waals surface area contributed by atoms with Gasteiger partial charge < -0.3 is 10.1 Å². The summed E-state index contributed by atoms with van der Waals surface area (Å²) in [4.78, 5) is 0. The van der Waals surface area contributed by atoms with Crippen LogP contribution in [-0.2, 0) is 0 Å². The molecule has 2 unspecified atom stereocenters. The second kappa shape index (κ2) is 5.70. The molecule has 1 aliphatic rings. The number of aryl methyl sites for hydroxylation is 2. The van der Waals surface area contributed by atoms with E-state index in [9.17, 15) is 0 Å². The van der Waals surface area contributed by atoms with Gasteiger partial charge in [-0.2, -0.15) is 0 Å². The van der Waals surface area contributed by atoms with Gasteiger partial charge in [-0.25, -0.2) is 0 Å². The van der Waals surface area contributed by atoms with Crippen molar-refractivity contribution in [3.8, 4) is 5.75 Å². The quantitative estimate of drug-likeness (QED) is 0.865. The zero-order valence-corrected chi connectivity index (χ0v) is 13.4. The van der Waals surface area contributed by atoms with Gasteiger partial charge in [0.25, 0.3) is 0 Å². The molecule has 2 atom stereocenters. The van der Waals surface area contributed by atoms with Gasteiger partial charge in [-0.1, -0.05) is 40.9 Å². The normalized spacial score (nSPS) is 20.8. The molecule has 0 saturated heterocycles. The Kier molecular flexibility index (Phi) is 3.92. The summed E-state index contributed by atoms with van der Waals surface area (Å²) < 4.78 is 6.22. The van der Waals surface area contributed by atoms with Crippen LogP contribution < -0.4 is 10.1 Å². The van der Waals surface area contributed by atoms with Crippen LogP contribution in [0.1, 0.15) is 40.8 Å². The van der Waals surface area contributed by atoms with E-state index in [1.54, 1.807) is 0 Å². The lowest BCUT2D eigenvalue weighted by Gasteiger charge is -2.32. The number of fused-ring (bicyclic) bond motifs is 1. The smallest absolute Gasteiger partial charge is 0.126 e. The SMILES string of the molecule is CNC1CC(c2cc(C)cc(C)c2)Oc2ccc(Cl)cc21. The standard InChI is InChI=1S/C18H20ClNO/c1-11-6-12(2)8-13(7-11)18-10-16(20-3)15-9-14(19)4-5-17(15)21-18/h4-9,16,18,20H,10H2,1-3H3. The van der Waals surface area contributed by atoms with Crippen molar-refractivity contribution >= 4 is 11.6 Å². The molecule has 0 bridgehead atoms. The van der Waals surface area contributed by atoms with E-state index in [2.05, 4.69) is 37.4 Å². The summed E-state index contributed by atoms with van der Waals surface area (Å²) in [5.41, 5.74) is 4.94. The highest BCUT2D eigenvalue weighted by atomic mass is 35.5. The highest BCUT2D eigenvalue weighted by molar-refractivity contribution is 6.30. The third-order valence-corrected chi connectivity index (χ3v) is 4.27. The number of benzene rings is 2. The van der Waals surface area contributed by atoms with Crippen LogP contribution in [-0.4, -0.2) is 7.05 Å². The van der Waals surface area contributed by atoms with Gasteiger partial charge in [0.05, 0.1) is 0 Å². The first-order chi connectivity index (χ1) is 10.1. The Hall–Kier alpha value is -1.51. The van der Waals surface area contributed by atoms with Crippen LogP contribution in [0.2, 0.25) is 5.02 Å². The molecule has 3 rings (SSSR count). The van der Waals surface area contributed by atoms with Crippen LogP contribution in [0.15, 0.2) is 36.4 Å². The Bertz CT molecular complexity index is 648. The minimum absolute atomic E-state index is 0.0784. The largest absolute Gasteiger partial charge is 0.485 e. The van der Waals surface area contributed by atoms with E-state index in [4.69, 9.17) is 16.3 Å². The van der Waals surface area contributed by atoms with E-state index in [1.807, 2.05) is 25.2 Å². The van der Waals surface area contributed by atoms with Crippen molar-refractivity contribution < 1.29 is 4.74 Å². The van der Waals surface area contributed by atoms with Gasteiger partial charge in [-0.15, -0.1) is 0 Å². The first-order valence-electron chi connectivity index (χ1n) is 7.28. The number of rotatable bonds is 2. The molecular formula is C18H20ClNO. The maximum absolute atomic E-state index is 6.22. The predicted octanol–water partition coefficient (Wildman–Crippen LogP) is 4.74. The van der Waals surface area contributed by atoms with Crippen molar-refractivity contribution in [1.29, 1.82) is 0 Å².